The summed E-state index contributed by atoms with van der Waals surface area (Å²) in [5, 5.41) is 4.97. The molecule has 2 aliphatic rings. The minimum atomic E-state index is -0.113. The molecule has 2 aromatic heterocycles. The highest BCUT2D eigenvalue weighted by Gasteiger charge is 2.31. The van der Waals surface area contributed by atoms with Crippen LogP contribution in [0.2, 0.25) is 0 Å². The lowest BCUT2D eigenvalue weighted by molar-refractivity contribution is -0.0379. The summed E-state index contributed by atoms with van der Waals surface area (Å²) in [5.41, 5.74) is 1.28. The van der Waals surface area contributed by atoms with E-state index < -0.39 is 0 Å². The van der Waals surface area contributed by atoms with Gasteiger partial charge in [0.05, 0.1) is 17.6 Å². The highest BCUT2D eigenvalue weighted by atomic mass is 32.1. The van der Waals surface area contributed by atoms with E-state index in [2.05, 4.69) is 48.1 Å². The van der Waals surface area contributed by atoms with E-state index in [0.717, 1.165) is 23.1 Å². The Labute approximate surface area is 153 Å². The van der Waals surface area contributed by atoms with Crippen LogP contribution in [0, 0.1) is 0 Å². The summed E-state index contributed by atoms with van der Waals surface area (Å²) in [5.74, 6) is 1.02. The Bertz CT molecular complexity index is 762. The number of ether oxygens (including phenoxy) is 1. The number of hydrogen-bond acceptors (Lipinski definition) is 6. The summed E-state index contributed by atoms with van der Waals surface area (Å²) in [4.78, 5) is 13.9. The van der Waals surface area contributed by atoms with E-state index in [0.29, 0.717) is 12.6 Å². The Morgan fingerprint density at radius 1 is 1.20 bits per heavy atom. The third-order valence-electron chi connectivity index (χ3n) is 5.64. The van der Waals surface area contributed by atoms with Crippen LogP contribution in [0.4, 0.5) is 5.82 Å². The van der Waals surface area contributed by atoms with Crippen molar-refractivity contribution in [2.45, 2.75) is 70.2 Å². The molecule has 25 heavy (non-hydrogen) atoms. The number of nitrogens with zero attached hydrogens (tertiary/aromatic N) is 3. The van der Waals surface area contributed by atoms with Crippen LogP contribution in [0.15, 0.2) is 6.33 Å². The zero-order valence-corrected chi connectivity index (χ0v) is 16.4. The van der Waals surface area contributed by atoms with Crippen molar-refractivity contribution in [1.29, 1.82) is 0 Å². The van der Waals surface area contributed by atoms with Crippen molar-refractivity contribution >= 4 is 27.4 Å². The summed E-state index contributed by atoms with van der Waals surface area (Å²) >= 11 is 1.76. The van der Waals surface area contributed by atoms with Crippen LogP contribution in [0.25, 0.3) is 10.2 Å². The van der Waals surface area contributed by atoms with Gasteiger partial charge in [0.1, 0.15) is 17.0 Å². The van der Waals surface area contributed by atoms with E-state index >= 15 is 0 Å². The Morgan fingerprint density at radius 3 is 2.68 bits per heavy atom. The lowest BCUT2D eigenvalue weighted by Gasteiger charge is -2.33. The van der Waals surface area contributed by atoms with Gasteiger partial charge in [0.15, 0.2) is 0 Å². The molecule has 1 saturated carbocycles. The van der Waals surface area contributed by atoms with Crippen molar-refractivity contribution in [2.75, 3.05) is 19.4 Å². The summed E-state index contributed by atoms with van der Waals surface area (Å²) in [6.45, 7) is 5.02. The number of rotatable bonds is 3. The molecule has 0 radical (unpaired) electrons. The largest absolute Gasteiger partial charge is 0.370 e. The molecule has 1 aliphatic carbocycles. The summed E-state index contributed by atoms with van der Waals surface area (Å²) in [7, 11) is 4.38. The van der Waals surface area contributed by atoms with E-state index in [1.807, 2.05) is 0 Å². The van der Waals surface area contributed by atoms with E-state index in [1.165, 1.54) is 41.5 Å². The highest BCUT2D eigenvalue weighted by molar-refractivity contribution is 7.18. The van der Waals surface area contributed by atoms with Gasteiger partial charge in [-0.25, -0.2) is 9.97 Å². The number of hydrogen-bond donors (Lipinski definition) is 1. The predicted octanol–water partition coefficient (Wildman–Crippen LogP) is 3.83. The monoisotopic (exact) mass is 360 g/mol. The first-order chi connectivity index (χ1) is 11.9. The predicted molar refractivity (Wildman–Crippen MR) is 103 cm³/mol. The fraction of sp³-hybridized carbons (Fsp3) is 0.684. The highest BCUT2D eigenvalue weighted by Crippen LogP contribution is 2.41. The molecule has 1 fully saturated rings. The standard InChI is InChI=1S/C19H28N4OS/c1-19(2)9-14-15(10-24-19)25-18-16(14)17(20-11-21-18)22-12-5-7-13(8-6-12)23(3)4/h11-13H,5-10H2,1-4H3,(H,20,21,22)/t12-,13-. The molecule has 0 aromatic carbocycles. The number of aromatic nitrogens is 2. The Morgan fingerprint density at radius 2 is 1.96 bits per heavy atom. The van der Waals surface area contributed by atoms with Gasteiger partial charge in [0.25, 0.3) is 0 Å². The normalized spacial score (nSPS) is 26.0. The molecule has 0 bridgehead atoms. The fourth-order valence-electron chi connectivity index (χ4n) is 4.12. The number of fused-ring (bicyclic) bond motifs is 3. The molecular formula is C19H28N4OS. The van der Waals surface area contributed by atoms with Gasteiger partial charge in [0, 0.05) is 23.4 Å². The minimum Gasteiger partial charge on any atom is -0.370 e. The smallest absolute Gasteiger partial charge is 0.138 e. The maximum absolute atomic E-state index is 5.98. The van der Waals surface area contributed by atoms with Crippen LogP contribution in [0.5, 0.6) is 0 Å². The van der Waals surface area contributed by atoms with Gasteiger partial charge in [0.2, 0.25) is 0 Å². The molecule has 4 rings (SSSR count). The molecule has 6 heteroatoms. The second kappa shape index (κ2) is 6.49. The van der Waals surface area contributed by atoms with Crippen LogP contribution in [0.1, 0.15) is 50.0 Å². The first kappa shape index (κ1) is 17.2. The van der Waals surface area contributed by atoms with Crippen molar-refractivity contribution in [3.63, 3.8) is 0 Å². The molecule has 0 atom stereocenters. The first-order valence-electron chi connectivity index (χ1n) is 9.25. The van der Waals surface area contributed by atoms with Gasteiger partial charge < -0.3 is 15.0 Å². The van der Waals surface area contributed by atoms with Gasteiger partial charge in [-0.3, -0.25) is 0 Å². The van der Waals surface area contributed by atoms with Crippen LogP contribution >= 0.6 is 11.3 Å². The molecule has 0 amide bonds. The zero-order chi connectivity index (χ0) is 17.6. The van der Waals surface area contributed by atoms with Gasteiger partial charge in [-0.05, 0) is 59.2 Å². The van der Waals surface area contributed by atoms with Crippen LogP contribution in [0.3, 0.4) is 0 Å². The lowest BCUT2D eigenvalue weighted by Crippen LogP contribution is -2.36. The number of anilines is 1. The lowest BCUT2D eigenvalue weighted by atomic mass is 9.90. The van der Waals surface area contributed by atoms with Crippen molar-refractivity contribution in [2.24, 2.45) is 0 Å². The van der Waals surface area contributed by atoms with Crippen LogP contribution in [-0.4, -0.2) is 46.6 Å². The molecule has 0 saturated heterocycles. The Kier molecular flexibility index (Phi) is 4.46. The molecule has 1 aliphatic heterocycles. The molecule has 0 spiro atoms. The topological polar surface area (TPSA) is 50.3 Å². The maximum Gasteiger partial charge on any atom is 0.138 e. The van der Waals surface area contributed by atoms with Gasteiger partial charge in [-0.2, -0.15) is 0 Å². The van der Waals surface area contributed by atoms with Crippen molar-refractivity contribution in [1.82, 2.24) is 14.9 Å². The first-order valence-corrected chi connectivity index (χ1v) is 10.1. The maximum atomic E-state index is 5.98. The summed E-state index contributed by atoms with van der Waals surface area (Å²) in [6.07, 6.45) is 7.54. The van der Waals surface area contributed by atoms with Gasteiger partial charge in [-0.1, -0.05) is 0 Å². The SMILES string of the molecule is CN(C)[C@H]1CC[C@H](Nc2ncnc3sc4c(c23)CC(C)(C)OC4)CC1. The molecule has 2 aromatic rings. The quantitative estimate of drug-likeness (QED) is 0.901. The molecule has 5 nitrogen and oxygen atoms in total. The van der Waals surface area contributed by atoms with Crippen molar-refractivity contribution in [3.8, 4) is 0 Å². The van der Waals surface area contributed by atoms with Crippen LogP contribution in [-0.2, 0) is 17.8 Å². The molecule has 1 N–H and O–H groups in total. The second-order valence-corrected chi connectivity index (χ2v) is 9.33. The van der Waals surface area contributed by atoms with E-state index in [-0.39, 0.29) is 5.60 Å². The van der Waals surface area contributed by atoms with Crippen molar-refractivity contribution < 1.29 is 4.74 Å². The van der Waals surface area contributed by atoms with Gasteiger partial charge >= 0.3 is 0 Å². The van der Waals surface area contributed by atoms with Crippen LogP contribution < -0.4 is 5.32 Å². The molecule has 3 heterocycles. The van der Waals surface area contributed by atoms with E-state index in [9.17, 15) is 0 Å². The Balaban J connectivity index is 1.59. The van der Waals surface area contributed by atoms with Crippen molar-refractivity contribution in [3.05, 3.63) is 16.8 Å². The third kappa shape index (κ3) is 3.39. The van der Waals surface area contributed by atoms with Gasteiger partial charge in [-0.15, -0.1) is 11.3 Å². The number of thiophene rings is 1. The molecule has 0 unspecified atom stereocenters. The van der Waals surface area contributed by atoms with E-state index in [1.54, 1.807) is 17.7 Å². The summed E-state index contributed by atoms with van der Waals surface area (Å²) in [6, 6.07) is 1.23. The van der Waals surface area contributed by atoms with E-state index in [4.69, 9.17) is 4.74 Å². The second-order valence-electron chi connectivity index (χ2n) is 8.24. The molecule has 136 valence electrons. The minimum absolute atomic E-state index is 0.113. The summed E-state index contributed by atoms with van der Waals surface area (Å²) < 4.78 is 5.98. The Hall–Kier alpha value is -1.24. The average molecular weight is 361 g/mol. The third-order valence-corrected chi connectivity index (χ3v) is 6.75. The number of nitrogens with one attached hydrogen (secondary N) is 1. The molecular weight excluding hydrogens is 332 g/mol. The average Bonchev–Trinajstić information content (AvgIpc) is 2.93. The fourth-order valence-corrected chi connectivity index (χ4v) is 5.19. The zero-order valence-electron chi connectivity index (χ0n) is 15.6.